The fraction of sp³-hybridized carbons (Fsp3) is 0.800. The molecule has 0 spiro atoms. The van der Waals surface area contributed by atoms with Crippen LogP contribution in [0.25, 0.3) is 0 Å². The first-order valence-corrected chi connectivity index (χ1v) is 14.1. The molecule has 0 heterocycles. The van der Waals surface area contributed by atoms with Gasteiger partial charge in [0.15, 0.2) is 0 Å². The second-order valence-corrected chi connectivity index (χ2v) is 9.06. The number of carbonyl (C=O) groups is 2. The number of hydrogen-bond donors (Lipinski definition) is 1. The van der Waals surface area contributed by atoms with Crippen molar-refractivity contribution in [1.29, 1.82) is 0 Å². The van der Waals surface area contributed by atoms with Gasteiger partial charge < -0.3 is 10.1 Å². The lowest BCUT2D eigenvalue weighted by Crippen LogP contribution is -2.26. The molecule has 0 aliphatic heterocycles. The van der Waals surface area contributed by atoms with E-state index in [-0.39, 0.29) is 18.3 Å². The number of rotatable bonds is 22. The smallest absolute Gasteiger partial charge is 0.307 e. The number of carbonyl (C=O) groups excluding carboxylic acids is 2. The molecule has 0 aliphatic rings. The van der Waals surface area contributed by atoms with E-state index in [1.165, 1.54) is 77.0 Å². The lowest BCUT2D eigenvalue weighted by atomic mass is 10.1. The summed E-state index contributed by atoms with van der Waals surface area (Å²) in [7, 11) is 0. The molecule has 4 heteroatoms. The van der Waals surface area contributed by atoms with E-state index in [4.69, 9.17) is 4.74 Å². The Morgan fingerprint density at radius 3 is 1.59 bits per heavy atom. The first kappa shape index (κ1) is 32.1. The molecule has 4 nitrogen and oxygen atoms in total. The predicted molar refractivity (Wildman–Crippen MR) is 143 cm³/mol. The topological polar surface area (TPSA) is 55.4 Å². The number of amides is 1. The quantitative estimate of drug-likeness (QED) is 0.101. The van der Waals surface area contributed by atoms with Crippen molar-refractivity contribution < 1.29 is 14.3 Å². The van der Waals surface area contributed by atoms with Crippen LogP contribution in [0.15, 0.2) is 0 Å². The van der Waals surface area contributed by atoms with Gasteiger partial charge in [-0.1, -0.05) is 102 Å². The monoisotopic (exact) mass is 473 g/mol. The minimum absolute atomic E-state index is 0.0221. The van der Waals surface area contributed by atoms with Crippen molar-refractivity contribution in [1.82, 2.24) is 5.32 Å². The molecule has 0 aromatic carbocycles. The van der Waals surface area contributed by atoms with Gasteiger partial charge in [-0.3, -0.25) is 9.59 Å². The Hall–Kier alpha value is -1.94. The van der Waals surface area contributed by atoms with Crippen molar-refractivity contribution in [3.8, 4) is 23.7 Å². The lowest BCUT2D eigenvalue weighted by Gasteiger charge is -2.05. The van der Waals surface area contributed by atoms with Crippen LogP contribution in [0, 0.1) is 23.7 Å². The van der Waals surface area contributed by atoms with Crippen LogP contribution in [0.1, 0.15) is 142 Å². The van der Waals surface area contributed by atoms with Crippen LogP contribution >= 0.6 is 0 Å². The summed E-state index contributed by atoms with van der Waals surface area (Å²) in [4.78, 5) is 22.9. The van der Waals surface area contributed by atoms with Crippen LogP contribution in [0.4, 0.5) is 0 Å². The molecule has 0 rings (SSSR count). The van der Waals surface area contributed by atoms with Crippen molar-refractivity contribution in [3.63, 3.8) is 0 Å². The number of hydrogen-bond acceptors (Lipinski definition) is 3. The van der Waals surface area contributed by atoms with Gasteiger partial charge in [0.25, 0.3) is 0 Å². The van der Waals surface area contributed by atoms with Crippen molar-refractivity contribution in [2.75, 3.05) is 13.2 Å². The van der Waals surface area contributed by atoms with Gasteiger partial charge in [-0.05, 0) is 38.0 Å². The molecule has 0 atom stereocenters. The Morgan fingerprint density at radius 1 is 0.618 bits per heavy atom. The van der Waals surface area contributed by atoms with Crippen LogP contribution in [0.3, 0.4) is 0 Å². The highest BCUT2D eigenvalue weighted by molar-refractivity contribution is 5.76. The fourth-order valence-corrected chi connectivity index (χ4v) is 3.75. The highest BCUT2D eigenvalue weighted by atomic mass is 16.5. The highest BCUT2D eigenvalue weighted by Crippen LogP contribution is 2.11. The predicted octanol–water partition coefficient (Wildman–Crippen LogP) is 7.49. The summed E-state index contributed by atoms with van der Waals surface area (Å²) < 4.78 is 4.83. The molecule has 0 bridgehead atoms. The van der Waals surface area contributed by atoms with Gasteiger partial charge in [-0.2, -0.15) is 0 Å². The largest absolute Gasteiger partial charge is 0.466 e. The van der Waals surface area contributed by atoms with Crippen LogP contribution in [0.2, 0.25) is 0 Å². The molecule has 194 valence electrons. The summed E-state index contributed by atoms with van der Waals surface area (Å²) in [6, 6.07) is 0. The molecule has 34 heavy (non-hydrogen) atoms. The average molecular weight is 474 g/mol. The summed E-state index contributed by atoms with van der Waals surface area (Å²) in [6.45, 7) is 4.79. The first-order valence-electron chi connectivity index (χ1n) is 14.1. The zero-order valence-electron chi connectivity index (χ0n) is 22.3. The summed E-state index contributed by atoms with van der Waals surface area (Å²) in [5.41, 5.74) is 0. The standard InChI is InChI=1S/C30H51NO3/c1-3-5-6-7-8-9-10-11-12-13-14-15-16-17-18-19-20-21-22-23-24-25-26-29(32)31-28-27-30(33)34-4-2/h3-14,19-28H2,1-2H3,(H,31,32). The maximum atomic E-state index is 11.7. The molecular formula is C30H51NO3. The van der Waals surface area contributed by atoms with Crippen LogP contribution < -0.4 is 5.32 Å². The highest BCUT2D eigenvalue weighted by Gasteiger charge is 2.04. The van der Waals surface area contributed by atoms with E-state index in [0.717, 1.165) is 38.5 Å². The summed E-state index contributed by atoms with van der Waals surface area (Å²) in [5, 5.41) is 2.77. The molecule has 0 aromatic heterocycles. The van der Waals surface area contributed by atoms with Crippen LogP contribution in [-0.2, 0) is 14.3 Å². The van der Waals surface area contributed by atoms with Gasteiger partial charge in [0.2, 0.25) is 5.91 Å². The van der Waals surface area contributed by atoms with Crippen LogP contribution in [-0.4, -0.2) is 25.0 Å². The first-order chi connectivity index (χ1) is 16.7. The Bertz CT molecular complexity index is 606. The lowest BCUT2D eigenvalue weighted by molar-refractivity contribution is -0.143. The Morgan fingerprint density at radius 2 is 1.09 bits per heavy atom. The number of nitrogens with one attached hydrogen (secondary N) is 1. The fourth-order valence-electron chi connectivity index (χ4n) is 3.75. The number of ether oxygens (including phenoxy) is 1. The molecule has 1 N–H and O–H groups in total. The second kappa shape index (κ2) is 27.3. The van der Waals surface area contributed by atoms with E-state index in [9.17, 15) is 9.59 Å². The minimum Gasteiger partial charge on any atom is -0.466 e. The third-order valence-electron chi connectivity index (χ3n) is 5.81. The summed E-state index contributed by atoms with van der Waals surface area (Å²) in [5.74, 6) is 12.1. The molecule has 0 saturated carbocycles. The second-order valence-electron chi connectivity index (χ2n) is 9.06. The van der Waals surface area contributed by atoms with Gasteiger partial charge in [-0.25, -0.2) is 0 Å². The number of esters is 1. The van der Waals surface area contributed by atoms with Gasteiger partial charge in [-0.15, -0.1) is 0 Å². The molecule has 1 amide bonds. The van der Waals surface area contributed by atoms with Gasteiger partial charge in [0.1, 0.15) is 0 Å². The van der Waals surface area contributed by atoms with Crippen molar-refractivity contribution in [2.24, 2.45) is 0 Å². The molecule has 0 radical (unpaired) electrons. The summed E-state index contributed by atoms with van der Waals surface area (Å²) in [6.07, 6.45) is 22.9. The molecule has 0 unspecified atom stereocenters. The number of unbranched alkanes of at least 4 members (excludes halogenated alkanes) is 16. The van der Waals surface area contributed by atoms with E-state index in [0.29, 0.717) is 19.6 Å². The van der Waals surface area contributed by atoms with Gasteiger partial charge >= 0.3 is 5.97 Å². The van der Waals surface area contributed by atoms with E-state index in [2.05, 4.69) is 35.9 Å². The Balaban J connectivity index is 3.35. The molecule has 0 fully saturated rings. The minimum atomic E-state index is -0.260. The molecule has 0 aliphatic carbocycles. The van der Waals surface area contributed by atoms with E-state index in [1.54, 1.807) is 6.92 Å². The Labute approximate surface area is 210 Å². The molecule has 0 saturated heterocycles. The maximum absolute atomic E-state index is 11.7. The summed E-state index contributed by atoms with van der Waals surface area (Å²) >= 11 is 0. The van der Waals surface area contributed by atoms with Crippen molar-refractivity contribution in [3.05, 3.63) is 0 Å². The van der Waals surface area contributed by atoms with E-state index in [1.807, 2.05) is 0 Å². The normalized spacial score (nSPS) is 10.1. The average Bonchev–Trinajstić information content (AvgIpc) is 2.82. The van der Waals surface area contributed by atoms with Crippen molar-refractivity contribution in [2.45, 2.75) is 142 Å². The maximum Gasteiger partial charge on any atom is 0.307 e. The molecular weight excluding hydrogens is 422 g/mol. The van der Waals surface area contributed by atoms with Gasteiger partial charge in [0, 0.05) is 25.8 Å². The zero-order valence-corrected chi connectivity index (χ0v) is 22.3. The van der Waals surface area contributed by atoms with E-state index >= 15 is 0 Å². The molecule has 0 aromatic rings. The zero-order chi connectivity index (χ0) is 25.0. The van der Waals surface area contributed by atoms with Gasteiger partial charge in [0.05, 0.1) is 13.0 Å². The van der Waals surface area contributed by atoms with Crippen LogP contribution in [0.5, 0.6) is 0 Å². The van der Waals surface area contributed by atoms with E-state index < -0.39 is 0 Å². The third-order valence-corrected chi connectivity index (χ3v) is 5.81. The third kappa shape index (κ3) is 26.3. The Kier molecular flexibility index (Phi) is 25.7. The van der Waals surface area contributed by atoms with Crippen molar-refractivity contribution >= 4 is 11.9 Å². The SMILES string of the molecule is CCCCCCCCCCCCC#CC#CCCCCCCCCC(=O)NCCC(=O)OCC.